The number of amides is 1. The zero-order chi connectivity index (χ0) is 13.0. The second kappa shape index (κ2) is 5.13. The summed E-state index contributed by atoms with van der Waals surface area (Å²) in [7, 11) is 0. The fourth-order valence-electron chi connectivity index (χ4n) is 1.28. The largest absolute Gasteiger partial charge is 0.446 e. The van der Waals surface area contributed by atoms with Gasteiger partial charge in [-0.1, -0.05) is 0 Å². The molecule has 0 saturated carbocycles. The van der Waals surface area contributed by atoms with Crippen LogP contribution in [0.4, 0.5) is 10.7 Å². The van der Waals surface area contributed by atoms with Gasteiger partial charge in [0.05, 0.1) is 12.6 Å². The van der Waals surface area contributed by atoms with Crippen LogP contribution in [0.1, 0.15) is 5.76 Å². The number of hydrogen-bond donors (Lipinski definition) is 0. The standard InChI is InChI=1S/C10H9N3O5/c14-10-12(6-7-17-10)11-5-1-2-8-3-4-9(18-8)13(15)16/h1-5H,6-7H2/b2-1-,11-5+. The van der Waals surface area contributed by atoms with Crippen LogP contribution in [0.25, 0.3) is 6.08 Å². The second-order valence-electron chi connectivity index (χ2n) is 3.29. The van der Waals surface area contributed by atoms with Gasteiger partial charge in [-0.15, -0.1) is 0 Å². The lowest BCUT2D eigenvalue weighted by Crippen LogP contribution is -2.17. The molecular weight excluding hydrogens is 242 g/mol. The Morgan fingerprint density at radius 1 is 1.50 bits per heavy atom. The fourth-order valence-corrected chi connectivity index (χ4v) is 1.28. The van der Waals surface area contributed by atoms with Crippen molar-refractivity contribution in [2.75, 3.05) is 13.2 Å². The van der Waals surface area contributed by atoms with Crippen LogP contribution < -0.4 is 0 Å². The number of hydrogen-bond acceptors (Lipinski definition) is 6. The molecule has 0 aliphatic carbocycles. The molecule has 8 heteroatoms. The molecule has 0 spiro atoms. The van der Waals surface area contributed by atoms with Gasteiger partial charge in [0.1, 0.15) is 17.3 Å². The highest BCUT2D eigenvalue weighted by Gasteiger charge is 2.20. The number of allylic oxidation sites excluding steroid dienone is 1. The van der Waals surface area contributed by atoms with Crippen LogP contribution in [-0.4, -0.2) is 35.4 Å². The number of nitro groups is 1. The van der Waals surface area contributed by atoms with E-state index in [-0.39, 0.29) is 5.88 Å². The smallest absolute Gasteiger partial charge is 0.433 e. The molecule has 1 aromatic heterocycles. The molecule has 18 heavy (non-hydrogen) atoms. The van der Waals surface area contributed by atoms with Crippen molar-refractivity contribution in [1.82, 2.24) is 5.01 Å². The summed E-state index contributed by atoms with van der Waals surface area (Å²) in [6, 6.07) is 2.72. The van der Waals surface area contributed by atoms with Crippen LogP contribution in [0.2, 0.25) is 0 Å². The number of nitrogens with zero attached hydrogens (tertiary/aromatic N) is 3. The number of hydrazone groups is 1. The van der Waals surface area contributed by atoms with E-state index in [9.17, 15) is 14.9 Å². The number of ether oxygens (including phenoxy) is 1. The lowest BCUT2D eigenvalue weighted by Gasteiger charge is -2.01. The monoisotopic (exact) mass is 251 g/mol. The maximum absolute atomic E-state index is 11.0. The summed E-state index contributed by atoms with van der Waals surface area (Å²) in [5, 5.41) is 15.4. The molecule has 1 fully saturated rings. The van der Waals surface area contributed by atoms with Crippen molar-refractivity contribution in [1.29, 1.82) is 0 Å². The van der Waals surface area contributed by atoms with E-state index in [2.05, 4.69) is 9.84 Å². The van der Waals surface area contributed by atoms with Crippen LogP contribution in [0, 0.1) is 10.1 Å². The van der Waals surface area contributed by atoms with Gasteiger partial charge >= 0.3 is 12.0 Å². The molecule has 2 rings (SSSR count). The summed E-state index contributed by atoms with van der Waals surface area (Å²) >= 11 is 0. The van der Waals surface area contributed by atoms with Crippen LogP contribution in [-0.2, 0) is 4.74 Å². The van der Waals surface area contributed by atoms with Crippen LogP contribution in [0.3, 0.4) is 0 Å². The highest BCUT2D eigenvalue weighted by atomic mass is 16.6. The molecule has 1 amide bonds. The van der Waals surface area contributed by atoms with E-state index in [0.29, 0.717) is 18.9 Å². The highest BCUT2D eigenvalue weighted by molar-refractivity contribution is 5.79. The predicted molar refractivity (Wildman–Crippen MR) is 60.9 cm³/mol. The molecule has 0 N–H and O–H groups in total. The number of rotatable bonds is 4. The molecule has 8 nitrogen and oxygen atoms in total. The zero-order valence-corrected chi connectivity index (χ0v) is 9.18. The Morgan fingerprint density at radius 2 is 2.33 bits per heavy atom. The normalized spacial score (nSPS) is 15.8. The quantitative estimate of drug-likeness (QED) is 0.460. The van der Waals surface area contributed by atoms with Gasteiger partial charge in [0.15, 0.2) is 0 Å². The minimum Gasteiger partial charge on any atom is -0.446 e. The van der Waals surface area contributed by atoms with E-state index < -0.39 is 11.0 Å². The number of furan rings is 1. The predicted octanol–water partition coefficient (Wildman–Crippen LogP) is 1.64. The molecule has 0 atom stereocenters. The Balaban J connectivity index is 1.92. The highest BCUT2D eigenvalue weighted by Crippen LogP contribution is 2.16. The third-order valence-corrected chi connectivity index (χ3v) is 2.08. The topological polar surface area (TPSA) is 98.2 Å². The van der Waals surface area contributed by atoms with Gasteiger partial charge in [-0.2, -0.15) is 10.1 Å². The fraction of sp³-hybridized carbons (Fsp3) is 0.200. The Labute approximate surface area is 101 Å². The first-order valence-corrected chi connectivity index (χ1v) is 5.06. The lowest BCUT2D eigenvalue weighted by molar-refractivity contribution is -0.402. The summed E-state index contributed by atoms with van der Waals surface area (Å²) in [6.07, 6.45) is 3.89. The molecule has 1 saturated heterocycles. The van der Waals surface area contributed by atoms with Gasteiger partial charge in [0.2, 0.25) is 0 Å². The molecule has 1 aliphatic rings. The maximum Gasteiger partial charge on any atom is 0.433 e. The summed E-state index contributed by atoms with van der Waals surface area (Å²) < 4.78 is 9.55. The van der Waals surface area contributed by atoms with Gasteiger partial charge in [-0.3, -0.25) is 10.1 Å². The van der Waals surface area contributed by atoms with Crippen molar-refractivity contribution in [2.45, 2.75) is 0 Å². The summed E-state index contributed by atoms with van der Waals surface area (Å²) in [5.41, 5.74) is 0. The molecule has 0 radical (unpaired) electrons. The summed E-state index contributed by atoms with van der Waals surface area (Å²) in [5.74, 6) is 0.00635. The Kier molecular flexibility index (Phi) is 3.37. The average molecular weight is 251 g/mol. The van der Waals surface area contributed by atoms with E-state index in [1.54, 1.807) is 0 Å². The van der Waals surface area contributed by atoms with Crippen molar-refractivity contribution >= 4 is 24.3 Å². The number of cyclic esters (lactones) is 1. The lowest BCUT2D eigenvalue weighted by atomic mass is 10.4. The van der Waals surface area contributed by atoms with Gasteiger partial charge in [-0.05, 0) is 18.2 Å². The van der Waals surface area contributed by atoms with Crippen molar-refractivity contribution in [3.63, 3.8) is 0 Å². The van der Waals surface area contributed by atoms with E-state index in [0.717, 1.165) is 0 Å². The average Bonchev–Trinajstić information content (AvgIpc) is 2.94. The van der Waals surface area contributed by atoms with E-state index in [1.807, 2.05) is 0 Å². The summed E-state index contributed by atoms with van der Waals surface area (Å²) in [4.78, 5) is 20.7. The summed E-state index contributed by atoms with van der Waals surface area (Å²) in [6.45, 7) is 0.736. The first-order chi connectivity index (χ1) is 8.66. The first kappa shape index (κ1) is 11.8. The Bertz CT molecular complexity index is 519. The van der Waals surface area contributed by atoms with Crippen molar-refractivity contribution in [3.05, 3.63) is 34.1 Å². The van der Waals surface area contributed by atoms with Gasteiger partial charge in [-0.25, -0.2) is 4.79 Å². The third kappa shape index (κ3) is 2.73. The number of carbonyl (C=O) groups excluding carboxylic acids is 1. The minimum absolute atomic E-state index is 0.324. The van der Waals surface area contributed by atoms with Crippen molar-refractivity contribution < 1.29 is 18.9 Å². The number of carbonyl (C=O) groups is 1. The minimum atomic E-state index is -0.619. The molecule has 0 bridgehead atoms. The molecule has 0 unspecified atom stereocenters. The second-order valence-corrected chi connectivity index (χ2v) is 3.29. The maximum atomic E-state index is 11.0. The molecule has 94 valence electrons. The van der Waals surface area contributed by atoms with Crippen molar-refractivity contribution in [3.8, 4) is 0 Å². The Morgan fingerprint density at radius 3 is 2.94 bits per heavy atom. The molecule has 2 heterocycles. The molecule has 1 aromatic rings. The van der Waals surface area contributed by atoms with Gasteiger partial charge in [0, 0.05) is 6.21 Å². The van der Waals surface area contributed by atoms with E-state index in [4.69, 9.17) is 4.42 Å². The van der Waals surface area contributed by atoms with Crippen LogP contribution in [0.5, 0.6) is 0 Å². The zero-order valence-electron chi connectivity index (χ0n) is 9.18. The van der Waals surface area contributed by atoms with E-state index in [1.165, 1.54) is 35.5 Å². The SMILES string of the molecule is O=C1OCCN1/N=C/C=C\c1ccc([N+](=O)[O-])o1. The van der Waals surface area contributed by atoms with Crippen LogP contribution in [0.15, 0.2) is 27.7 Å². The molecule has 0 aromatic carbocycles. The first-order valence-electron chi connectivity index (χ1n) is 5.06. The van der Waals surface area contributed by atoms with Crippen molar-refractivity contribution in [2.24, 2.45) is 5.10 Å². The third-order valence-electron chi connectivity index (χ3n) is 2.08. The van der Waals surface area contributed by atoms with Gasteiger partial charge < -0.3 is 9.15 Å². The van der Waals surface area contributed by atoms with E-state index >= 15 is 0 Å². The van der Waals surface area contributed by atoms with Gasteiger partial charge in [0.25, 0.3) is 0 Å². The molecule has 1 aliphatic heterocycles. The Hall–Kier alpha value is -2.64. The van der Waals surface area contributed by atoms with Crippen LogP contribution >= 0.6 is 0 Å². The molecular formula is C10H9N3O5.